The third kappa shape index (κ3) is 5.94. The second kappa shape index (κ2) is 10.1. The summed E-state index contributed by atoms with van der Waals surface area (Å²) < 4.78 is 33.7. The zero-order valence-corrected chi connectivity index (χ0v) is 20.6. The van der Waals surface area contributed by atoms with E-state index < -0.39 is 15.9 Å². The standard InChI is InChI=1S/C21H25ClN4O4S2/c1-13(2)11-26(12-14(3)4)32(28,29)16-7-5-15(6-8-16)19(27)23-21-25-24-20(30-21)17-9-10-18(22)31-17/h5-10,13-14H,11-12H2,1-4H3,(H,23,25,27). The number of hydrogen-bond acceptors (Lipinski definition) is 7. The summed E-state index contributed by atoms with van der Waals surface area (Å²) in [5.41, 5.74) is 0.266. The molecule has 0 bridgehead atoms. The van der Waals surface area contributed by atoms with Crippen LogP contribution in [0, 0.1) is 11.8 Å². The maximum Gasteiger partial charge on any atom is 0.322 e. The van der Waals surface area contributed by atoms with Crippen molar-refractivity contribution < 1.29 is 17.6 Å². The van der Waals surface area contributed by atoms with Crippen LogP contribution in [0.1, 0.15) is 38.1 Å². The summed E-state index contributed by atoms with van der Waals surface area (Å²) in [5.74, 6) is 0.139. The van der Waals surface area contributed by atoms with Gasteiger partial charge in [0.2, 0.25) is 10.0 Å². The maximum atomic E-state index is 13.1. The predicted octanol–water partition coefficient (Wildman–Crippen LogP) is 5.01. The van der Waals surface area contributed by atoms with E-state index >= 15 is 0 Å². The second-order valence-corrected chi connectivity index (χ2v) is 11.8. The van der Waals surface area contributed by atoms with Crippen molar-refractivity contribution in [2.45, 2.75) is 32.6 Å². The molecule has 0 aliphatic rings. The molecule has 2 heterocycles. The summed E-state index contributed by atoms with van der Waals surface area (Å²) in [6.07, 6.45) is 0. The molecule has 0 saturated heterocycles. The summed E-state index contributed by atoms with van der Waals surface area (Å²) in [6.45, 7) is 8.77. The lowest BCUT2D eigenvalue weighted by Gasteiger charge is -2.25. The number of amides is 1. The van der Waals surface area contributed by atoms with Gasteiger partial charge in [-0.15, -0.1) is 16.4 Å². The summed E-state index contributed by atoms with van der Waals surface area (Å²) in [5, 5.41) is 10.2. The average Bonchev–Trinajstić information content (AvgIpc) is 3.35. The predicted molar refractivity (Wildman–Crippen MR) is 125 cm³/mol. The molecule has 172 valence electrons. The molecule has 1 N–H and O–H groups in total. The Balaban J connectivity index is 1.73. The molecule has 11 heteroatoms. The van der Waals surface area contributed by atoms with E-state index in [2.05, 4.69) is 15.5 Å². The SMILES string of the molecule is CC(C)CN(CC(C)C)S(=O)(=O)c1ccc(C(=O)Nc2nnc(-c3ccc(Cl)s3)o2)cc1. The number of carbonyl (C=O) groups excluding carboxylic acids is 1. The van der Waals surface area contributed by atoms with Crippen LogP contribution in [0.25, 0.3) is 10.8 Å². The number of hydrogen-bond donors (Lipinski definition) is 1. The fourth-order valence-electron chi connectivity index (χ4n) is 2.98. The molecule has 0 spiro atoms. The van der Waals surface area contributed by atoms with Crippen molar-refractivity contribution in [1.29, 1.82) is 0 Å². The lowest BCUT2D eigenvalue weighted by atomic mass is 10.2. The monoisotopic (exact) mass is 496 g/mol. The van der Waals surface area contributed by atoms with Crippen molar-refractivity contribution in [1.82, 2.24) is 14.5 Å². The first-order valence-electron chi connectivity index (χ1n) is 10.1. The van der Waals surface area contributed by atoms with Gasteiger partial charge in [-0.25, -0.2) is 8.42 Å². The van der Waals surface area contributed by atoms with Gasteiger partial charge in [0.05, 0.1) is 14.1 Å². The van der Waals surface area contributed by atoms with E-state index in [-0.39, 0.29) is 34.2 Å². The Morgan fingerprint density at radius 2 is 1.69 bits per heavy atom. The fourth-order valence-corrected chi connectivity index (χ4v) is 5.72. The minimum absolute atomic E-state index is 0.0636. The molecule has 0 aliphatic heterocycles. The molecular weight excluding hydrogens is 472 g/mol. The Labute approximate surface area is 196 Å². The third-order valence-corrected chi connectivity index (χ3v) is 7.39. The van der Waals surface area contributed by atoms with Gasteiger partial charge in [-0.3, -0.25) is 10.1 Å². The number of sulfonamides is 1. The van der Waals surface area contributed by atoms with E-state index in [1.54, 1.807) is 12.1 Å². The minimum atomic E-state index is -3.67. The maximum absolute atomic E-state index is 13.1. The van der Waals surface area contributed by atoms with Gasteiger partial charge in [-0.2, -0.15) is 4.31 Å². The molecule has 3 aromatic rings. The normalized spacial score (nSPS) is 12.1. The molecule has 8 nitrogen and oxygen atoms in total. The fraction of sp³-hybridized carbons (Fsp3) is 0.381. The molecule has 3 rings (SSSR count). The lowest BCUT2D eigenvalue weighted by molar-refractivity contribution is 0.102. The van der Waals surface area contributed by atoms with Gasteiger partial charge in [0, 0.05) is 18.7 Å². The van der Waals surface area contributed by atoms with Crippen molar-refractivity contribution >= 4 is 44.9 Å². The number of rotatable bonds is 9. The number of anilines is 1. The van der Waals surface area contributed by atoms with Crippen molar-refractivity contribution in [2.24, 2.45) is 11.8 Å². The highest BCUT2D eigenvalue weighted by molar-refractivity contribution is 7.89. The van der Waals surface area contributed by atoms with Crippen LogP contribution in [0.3, 0.4) is 0 Å². The number of nitrogens with zero attached hydrogens (tertiary/aromatic N) is 3. The number of nitrogens with one attached hydrogen (secondary N) is 1. The highest BCUT2D eigenvalue weighted by Crippen LogP contribution is 2.30. The molecule has 0 saturated carbocycles. The van der Waals surface area contributed by atoms with Crippen LogP contribution >= 0.6 is 22.9 Å². The van der Waals surface area contributed by atoms with Crippen LogP contribution in [0.2, 0.25) is 4.34 Å². The van der Waals surface area contributed by atoms with Crippen molar-refractivity contribution in [3.05, 3.63) is 46.3 Å². The van der Waals surface area contributed by atoms with Crippen LogP contribution in [-0.4, -0.2) is 41.9 Å². The molecule has 1 amide bonds. The van der Waals surface area contributed by atoms with Gasteiger partial charge in [-0.05, 0) is 48.2 Å². The van der Waals surface area contributed by atoms with Crippen LogP contribution in [0.4, 0.5) is 6.01 Å². The van der Waals surface area contributed by atoms with Crippen molar-refractivity contribution in [3.63, 3.8) is 0 Å². The Bertz CT molecular complexity index is 1160. The van der Waals surface area contributed by atoms with Crippen LogP contribution in [0.15, 0.2) is 45.7 Å². The highest BCUT2D eigenvalue weighted by Gasteiger charge is 2.26. The summed E-state index contributed by atoms with van der Waals surface area (Å²) >= 11 is 7.19. The van der Waals surface area contributed by atoms with Crippen molar-refractivity contribution in [2.75, 3.05) is 18.4 Å². The molecule has 0 radical (unpaired) electrons. The number of halogens is 1. The largest absolute Gasteiger partial charge is 0.402 e. The third-order valence-electron chi connectivity index (χ3n) is 4.32. The quantitative estimate of drug-likeness (QED) is 0.446. The van der Waals surface area contributed by atoms with Crippen LogP contribution in [0.5, 0.6) is 0 Å². The highest BCUT2D eigenvalue weighted by atomic mass is 35.5. The molecule has 1 aromatic carbocycles. The first kappa shape index (κ1) is 24.4. The van der Waals surface area contributed by atoms with E-state index in [0.29, 0.717) is 22.3 Å². The van der Waals surface area contributed by atoms with Crippen molar-refractivity contribution in [3.8, 4) is 10.8 Å². The molecule has 0 unspecified atom stereocenters. The average molecular weight is 497 g/mol. The lowest BCUT2D eigenvalue weighted by Crippen LogP contribution is -2.37. The molecule has 0 aliphatic carbocycles. The van der Waals surface area contributed by atoms with Gasteiger partial charge in [-0.1, -0.05) is 44.4 Å². The molecule has 0 fully saturated rings. The molecule has 32 heavy (non-hydrogen) atoms. The topological polar surface area (TPSA) is 105 Å². The summed E-state index contributed by atoms with van der Waals surface area (Å²) in [4.78, 5) is 13.4. The molecule has 0 atom stereocenters. The van der Waals surface area contributed by atoms with E-state index in [1.807, 2.05) is 27.7 Å². The van der Waals surface area contributed by atoms with Crippen LogP contribution in [-0.2, 0) is 10.0 Å². The number of aromatic nitrogens is 2. The van der Waals surface area contributed by atoms with E-state index in [0.717, 1.165) is 0 Å². The van der Waals surface area contributed by atoms with Gasteiger partial charge in [0.25, 0.3) is 11.8 Å². The van der Waals surface area contributed by atoms with Gasteiger partial charge < -0.3 is 4.42 Å². The molecule has 2 aromatic heterocycles. The van der Waals surface area contributed by atoms with E-state index in [4.69, 9.17) is 16.0 Å². The smallest absolute Gasteiger partial charge is 0.322 e. The number of thiophene rings is 1. The van der Waals surface area contributed by atoms with Gasteiger partial charge >= 0.3 is 6.01 Å². The zero-order valence-electron chi connectivity index (χ0n) is 18.2. The molecular formula is C21H25ClN4O4S2. The van der Waals surface area contributed by atoms with Gasteiger partial charge in [0.15, 0.2) is 0 Å². The zero-order chi connectivity index (χ0) is 23.5. The first-order chi connectivity index (χ1) is 15.1. The number of carbonyl (C=O) groups is 1. The Kier molecular flexibility index (Phi) is 7.71. The Morgan fingerprint density at radius 3 is 2.22 bits per heavy atom. The first-order valence-corrected chi connectivity index (χ1v) is 12.7. The van der Waals surface area contributed by atoms with E-state index in [9.17, 15) is 13.2 Å². The minimum Gasteiger partial charge on any atom is -0.402 e. The number of benzene rings is 1. The summed E-state index contributed by atoms with van der Waals surface area (Å²) in [6, 6.07) is 9.18. The second-order valence-electron chi connectivity index (χ2n) is 8.10. The summed E-state index contributed by atoms with van der Waals surface area (Å²) in [7, 11) is -3.67. The van der Waals surface area contributed by atoms with E-state index in [1.165, 1.54) is 39.9 Å². The van der Waals surface area contributed by atoms with Gasteiger partial charge in [0.1, 0.15) is 0 Å². The Morgan fingerprint density at radius 1 is 1.06 bits per heavy atom. The van der Waals surface area contributed by atoms with Crippen LogP contribution < -0.4 is 5.32 Å². The Hall–Kier alpha value is -2.27.